The van der Waals surface area contributed by atoms with Crippen molar-refractivity contribution >= 4 is 54.5 Å². The number of para-hydroxylation sites is 1. The topological polar surface area (TPSA) is 38.8 Å². The highest BCUT2D eigenvalue weighted by molar-refractivity contribution is 6.24. The van der Waals surface area contributed by atoms with Crippen molar-refractivity contribution in [3.05, 3.63) is 162 Å². The zero-order valence-electron chi connectivity index (χ0n) is 24.7. The lowest BCUT2D eigenvalue weighted by Gasteiger charge is -2.12. The molecule has 10 rings (SSSR count). The molecule has 0 atom stereocenters. The Kier molecular flexibility index (Phi) is 5.11. The first-order chi connectivity index (χ1) is 22.7. The molecule has 0 aliphatic carbocycles. The van der Waals surface area contributed by atoms with Crippen LogP contribution in [0, 0.1) is 0 Å². The minimum Gasteiger partial charge on any atom is -0.306 e. The third-order valence-corrected chi connectivity index (χ3v) is 9.51. The predicted molar refractivity (Wildman–Crippen MR) is 190 cm³/mol. The van der Waals surface area contributed by atoms with Crippen molar-refractivity contribution in [2.24, 2.45) is 0 Å². The molecule has 0 spiro atoms. The molecule has 0 aliphatic heterocycles. The van der Waals surface area contributed by atoms with Crippen LogP contribution in [0.5, 0.6) is 0 Å². The molecular formula is C42H25N3O. The second-order valence-corrected chi connectivity index (χ2v) is 12.0. The Bertz CT molecular complexity index is 2810. The summed E-state index contributed by atoms with van der Waals surface area (Å²) in [6, 6.07) is 49.1. The van der Waals surface area contributed by atoms with Crippen molar-refractivity contribution in [3.8, 4) is 33.4 Å². The SMILES string of the molecule is O=c1c2ccccc2n2c3ccc(-c4cc(-c5ccccc5)cc(-c5ccccc5)c4)cc3c3ccc4c5cnccc5n1c4c32. The molecular weight excluding hydrogens is 562 g/mol. The lowest BCUT2D eigenvalue weighted by Crippen LogP contribution is -2.09. The zero-order valence-corrected chi connectivity index (χ0v) is 24.7. The molecule has 46 heavy (non-hydrogen) atoms. The van der Waals surface area contributed by atoms with Gasteiger partial charge in [-0.1, -0.05) is 91.0 Å². The van der Waals surface area contributed by atoms with E-state index in [1.54, 1.807) is 6.20 Å². The Morgan fingerprint density at radius 1 is 0.391 bits per heavy atom. The standard InChI is InChI=1S/C42H25N3O/c46-42-34-13-7-8-14-37(34)44-38-18-15-28(24-35(38)32-16-17-33-36-25-43-20-19-39(36)45(42)41(33)40(32)44)31-22-29(26-9-3-1-4-10-26)21-30(23-31)27-11-5-2-6-12-27/h1-25H. The lowest BCUT2D eigenvalue weighted by atomic mass is 9.93. The molecule has 0 radical (unpaired) electrons. The smallest absolute Gasteiger partial charge is 0.265 e. The number of aromatic nitrogens is 3. The average molecular weight is 588 g/mol. The van der Waals surface area contributed by atoms with Crippen molar-refractivity contribution in [2.45, 2.75) is 0 Å². The van der Waals surface area contributed by atoms with E-state index in [0.29, 0.717) is 5.39 Å². The van der Waals surface area contributed by atoms with Crippen molar-refractivity contribution in [1.29, 1.82) is 0 Å². The van der Waals surface area contributed by atoms with Crippen LogP contribution in [-0.4, -0.2) is 13.8 Å². The summed E-state index contributed by atoms with van der Waals surface area (Å²) in [6.45, 7) is 0. The van der Waals surface area contributed by atoms with E-state index < -0.39 is 0 Å². The van der Waals surface area contributed by atoms with Gasteiger partial charge in [-0.05, 0) is 81.9 Å². The molecule has 0 N–H and O–H groups in total. The van der Waals surface area contributed by atoms with Crippen LogP contribution in [0.15, 0.2) is 157 Å². The maximum atomic E-state index is 14.2. The summed E-state index contributed by atoms with van der Waals surface area (Å²) in [5.74, 6) is 0. The summed E-state index contributed by atoms with van der Waals surface area (Å²) in [6.07, 6.45) is 3.64. The van der Waals surface area contributed by atoms with E-state index in [4.69, 9.17) is 0 Å². The molecule has 4 aromatic heterocycles. The summed E-state index contributed by atoms with van der Waals surface area (Å²) < 4.78 is 4.18. The number of pyridine rings is 1. The van der Waals surface area contributed by atoms with Gasteiger partial charge in [-0.3, -0.25) is 14.2 Å². The van der Waals surface area contributed by atoms with Crippen molar-refractivity contribution in [1.82, 2.24) is 13.8 Å². The normalized spacial score (nSPS) is 12.0. The van der Waals surface area contributed by atoms with Crippen LogP contribution in [-0.2, 0) is 0 Å². The maximum absolute atomic E-state index is 14.2. The molecule has 0 saturated carbocycles. The highest BCUT2D eigenvalue weighted by atomic mass is 16.1. The van der Waals surface area contributed by atoms with Crippen LogP contribution in [0.25, 0.3) is 87.9 Å². The van der Waals surface area contributed by atoms with Crippen molar-refractivity contribution in [2.75, 3.05) is 0 Å². The van der Waals surface area contributed by atoms with Gasteiger partial charge in [-0.25, -0.2) is 0 Å². The number of nitrogens with zero attached hydrogens (tertiary/aromatic N) is 3. The van der Waals surface area contributed by atoms with Gasteiger partial charge in [0.2, 0.25) is 0 Å². The van der Waals surface area contributed by atoms with Gasteiger partial charge in [-0.15, -0.1) is 0 Å². The van der Waals surface area contributed by atoms with E-state index in [1.807, 2.05) is 34.9 Å². The molecule has 0 saturated heterocycles. The van der Waals surface area contributed by atoms with Gasteiger partial charge in [0.05, 0.1) is 33.0 Å². The minimum absolute atomic E-state index is 0.0195. The summed E-state index contributed by atoms with van der Waals surface area (Å²) in [5.41, 5.74) is 11.8. The molecule has 4 heterocycles. The number of fused-ring (bicyclic) bond motifs is 8. The largest absolute Gasteiger partial charge is 0.306 e. The fourth-order valence-corrected chi connectivity index (χ4v) is 7.44. The van der Waals surface area contributed by atoms with Gasteiger partial charge in [0.25, 0.3) is 5.56 Å². The quantitative estimate of drug-likeness (QED) is 0.206. The number of hydrogen-bond acceptors (Lipinski definition) is 2. The highest BCUT2D eigenvalue weighted by Crippen LogP contribution is 2.41. The van der Waals surface area contributed by atoms with Crippen LogP contribution in [0.1, 0.15) is 0 Å². The average Bonchev–Trinajstić information content (AvgIpc) is 3.61. The molecule has 0 fully saturated rings. The second-order valence-electron chi connectivity index (χ2n) is 12.0. The van der Waals surface area contributed by atoms with Crippen LogP contribution in [0.2, 0.25) is 0 Å². The third kappa shape index (κ3) is 3.44. The number of benzene rings is 6. The zero-order chi connectivity index (χ0) is 30.4. The van der Waals surface area contributed by atoms with Crippen LogP contribution in [0.4, 0.5) is 0 Å². The fourth-order valence-electron chi connectivity index (χ4n) is 7.44. The van der Waals surface area contributed by atoms with Crippen molar-refractivity contribution < 1.29 is 0 Å². The van der Waals surface area contributed by atoms with E-state index >= 15 is 0 Å². The molecule has 0 amide bonds. The van der Waals surface area contributed by atoms with Gasteiger partial charge < -0.3 is 4.40 Å². The monoisotopic (exact) mass is 587 g/mol. The predicted octanol–water partition coefficient (Wildman–Crippen LogP) is 10.00. The Morgan fingerprint density at radius 2 is 0.957 bits per heavy atom. The first-order valence-electron chi connectivity index (χ1n) is 15.5. The Balaban J connectivity index is 1.33. The summed E-state index contributed by atoms with van der Waals surface area (Å²) in [4.78, 5) is 18.7. The van der Waals surface area contributed by atoms with E-state index in [0.717, 1.165) is 60.3 Å². The second kappa shape index (κ2) is 9.37. The molecule has 0 bridgehead atoms. The molecule has 4 nitrogen and oxygen atoms in total. The first kappa shape index (κ1) is 25.1. The summed E-state index contributed by atoms with van der Waals surface area (Å²) in [7, 11) is 0. The number of hydrogen-bond donors (Lipinski definition) is 0. The molecule has 10 aromatic rings. The van der Waals surface area contributed by atoms with Gasteiger partial charge in [0.1, 0.15) is 0 Å². The minimum atomic E-state index is -0.0195. The van der Waals surface area contributed by atoms with Crippen LogP contribution < -0.4 is 5.56 Å². The number of rotatable bonds is 3. The van der Waals surface area contributed by atoms with Gasteiger partial charge in [0, 0.05) is 33.9 Å². The van der Waals surface area contributed by atoms with E-state index in [9.17, 15) is 4.79 Å². The van der Waals surface area contributed by atoms with E-state index in [-0.39, 0.29) is 5.56 Å². The molecule has 6 aromatic carbocycles. The molecule has 0 unspecified atom stereocenters. The van der Waals surface area contributed by atoms with Crippen molar-refractivity contribution in [3.63, 3.8) is 0 Å². The first-order valence-corrected chi connectivity index (χ1v) is 15.5. The van der Waals surface area contributed by atoms with Gasteiger partial charge in [0.15, 0.2) is 0 Å². The van der Waals surface area contributed by atoms with E-state index in [1.165, 1.54) is 22.3 Å². The van der Waals surface area contributed by atoms with Crippen LogP contribution >= 0.6 is 0 Å². The Hall–Kier alpha value is -6.26. The third-order valence-electron chi connectivity index (χ3n) is 9.51. The van der Waals surface area contributed by atoms with Gasteiger partial charge >= 0.3 is 0 Å². The maximum Gasteiger partial charge on any atom is 0.265 e. The van der Waals surface area contributed by atoms with Crippen LogP contribution in [0.3, 0.4) is 0 Å². The lowest BCUT2D eigenvalue weighted by molar-refractivity contribution is 1.21. The summed E-state index contributed by atoms with van der Waals surface area (Å²) >= 11 is 0. The Labute approximate surface area is 263 Å². The Morgan fingerprint density at radius 3 is 1.67 bits per heavy atom. The molecule has 4 heteroatoms. The fraction of sp³-hybridized carbons (Fsp3) is 0. The molecule has 214 valence electrons. The molecule has 0 aliphatic rings. The summed E-state index contributed by atoms with van der Waals surface area (Å²) in [5, 5.41) is 4.97. The van der Waals surface area contributed by atoms with Gasteiger partial charge in [-0.2, -0.15) is 0 Å². The van der Waals surface area contributed by atoms with E-state index in [2.05, 4.69) is 125 Å². The highest BCUT2D eigenvalue weighted by Gasteiger charge is 2.21.